The van der Waals surface area contributed by atoms with E-state index in [1.54, 1.807) is 30.3 Å². The maximum atomic E-state index is 14.6. The summed E-state index contributed by atoms with van der Waals surface area (Å²) in [5, 5.41) is 0. The summed E-state index contributed by atoms with van der Waals surface area (Å²) in [4.78, 5) is 21.6. The van der Waals surface area contributed by atoms with E-state index in [2.05, 4.69) is 23.8 Å². The number of ether oxygens (including phenoxy) is 2. The molecule has 5 nitrogen and oxygen atoms in total. The number of benzene rings is 2. The maximum absolute atomic E-state index is 14.6. The van der Waals surface area contributed by atoms with Crippen molar-refractivity contribution in [3.05, 3.63) is 71.8 Å². The Balaban J connectivity index is 1.45. The maximum Gasteiger partial charge on any atom is 0.346 e. The van der Waals surface area contributed by atoms with Gasteiger partial charge in [-0.15, -0.1) is 0 Å². The Labute approximate surface area is 233 Å². The van der Waals surface area contributed by atoms with Crippen LogP contribution in [0.5, 0.6) is 11.5 Å². The molecule has 1 heterocycles. The highest BCUT2D eigenvalue weighted by Gasteiger charge is 2.15. The van der Waals surface area contributed by atoms with Gasteiger partial charge in [-0.2, -0.15) is 0 Å². The highest BCUT2D eigenvalue weighted by molar-refractivity contribution is 5.91. The van der Waals surface area contributed by atoms with E-state index in [0.717, 1.165) is 36.8 Å². The molecule has 0 aliphatic rings. The SMILES string of the molecule is CCCCCCCCOc1ccc(C(=O)Oc2ccc(-c3ncc(CCCCCCCC)cn3)cc2)c(F)c1. The van der Waals surface area contributed by atoms with E-state index in [9.17, 15) is 9.18 Å². The summed E-state index contributed by atoms with van der Waals surface area (Å²) in [6.45, 7) is 4.96. The molecule has 0 amide bonds. The molecule has 2 aromatic carbocycles. The molecule has 39 heavy (non-hydrogen) atoms. The van der Waals surface area contributed by atoms with Crippen molar-refractivity contribution in [2.75, 3.05) is 6.61 Å². The van der Waals surface area contributed by atoms with Crippen molar-refractivity contribution in [3.63, 3.8) is 0 Å². The Kier molecular flexibility index (Phi) is 13.5. The minimum atomic E-state index is -0.752. The molecule has 6 heteroatoms. The molecule has 0 atom stereocenters. The third kappa shape index (κ3) is 10.8. The van der Waals surface area contributed by atoms with E-state index in [4.69, 9.17) is 9.47 Å². The Morgan fingerprint density at radius 1 is 0.744 bits per heavy atom. The van der Waals surface area contributed by atoms with Crippen LogP contribution in [0.1, 0.15) is 107 Å². The summed E-state index contributed by atoms with van der Waals surface area (Å²) < 4.78 is 25.6. The van der Waals surface area contributed by atoms with Gasteiger partial charge in [-0.05, 0) is 61.2 Å². The Morgan fingerprint density at radius 3 is 1.97 bits per heavy atom. The number of nitrogens with zero attached hydrogens (tertiary/aromatic N) is 2. The molecule has 0 saturated carbocycles. The van der Waals surface area contributed by atoms with Crippen LogP contribution in [0, 0.1) is 5.82 Å². The molecule has 0 aliphatic heterocycles. The van der Waals surface area contributed by atoms with Gasteiger partial charge in [-0.1, -0.05) is 78.1 Å². The Bertz CT molecular complexity index is 1120. The number of aromatic nitrogens is 2. The van der Waals surface area contributed by atoms with E-state index < -0.39 is 11.8 Å². The smallest absolute Gasteiger partial charge is 0.346 e. The van der Waals surface area contributed by atoms with Crippen molar-refractivity contribution in [2.24, 2.45) is 0 Å². The van der Waals surface area contributed by atoms with E-state index >= 15 is 0 Å². The quantitative estimate of drug-likeness (QED) is 0.0925. The van der Waals surface area contributed by atoms with Gasteiger partial charge in [0.15, 0.2) is 5.82 Å². The first kappa shape index (κ1) is 30.3. The lowest BCUT2D eigenvalue weighted by Crippen LogP contribution is -2.11. The lowest BCUT2D eigenvalue weighted by molar-refractivity contribution is 0.0730. The van der Waals surface area contributed by atoms with Gasteiger partial charge in [-0.25, -0.2) is 19.2 Å². The summed E-state index contributed by atoms with van der Waals surface area (Å²) in [6.07, 6.45) is 19.3. The normalized spacial score (nSPS) is 10.9. The fourth-order valence-electron chi connectivity index (χ4n) is 4.40. The first-order valence-corrected chi connectivity index (χ1v) is 14.7. The molecule has 0 saturated heterocycles. The number of hydrogen-bond donors (Lipinski definition) is 0. The van der Waals surface area contributed by atoms with Gasteiger partial charge < -0.3 is 9.47 Å². The average Bonchev–Trinajstić information content (AvgIpc) is 2.95. The van der Waals surface area contributed by atoms with E-state index in [1.807, 2.05) is 12.4 Å². The van der Waals surface area contributed by atoms with Gasteiger partial charge in [-0.3, -0.25) is 0 Å². The van der Waals surface area contributed by atoms with Crippen LogP contribution in [0.4, 0.5) is 4.39 Å². The van der Waals surface area contributed by atoms with Crippen LogP contribution in [0.3, 0.4) is 0 Å². The molecule has 0 bridgehead atoms. The zero-order chi connectivity index (χ0) is 27.7. The summed E-state index contributed by atoms with van der Waals surface area (Å²) in [6, 6.07) is 11.2. The number of halogens is 1. The van der Waals surface area contributed by atoms with Gasteiger partial charge in [0, 0.05) is 24.0 Å². The van der Waals surface area contributed by atoms with Crippen LogP contribution in [0.15, 0.2) is 54.9 Å². The van der Waals surface area contributed by atoms with Crippen molar-refractivity contribution < 1.29 is 18.7 Å². The summed E-state index contributed by atoms with van der Waals surface area (Å²) in [5.74, 6) is -0.0575. The first-order chi connectivity index (χ1) is 19.1. The molecule has 0 aliphatic carbocycles. The van der Waals surface area contributed by atoms with Crippen LogP contribution in [-0.4, -0.2) is 22.5 Å². The van der Waals surface area contributed by atoms with Crippen molar-refractivity contribution in [3.8, 4) is 22.9 Å². The van der Waals surface area contributed by atoms with Gasteiger partial charge >= 0.3 is 5.97 Å². The van der Waals surface area contributed by atoms with Crippen LogP contribution in [0.25, 0.3) is 11.4 Å². The second-order valence-electron chi connectivity index (χ2n) is 10.1. The third-order valence-electron chi connectivity index (χ3n) is 6.77. The number of carbonyl (C=O) groups excluding carboxylic acids is 1. The largest absolute Gasteiger partial charge is 0.493 e. The standard InChI is InChI=1S/C33H43FN2O3/c1-3-5-7-9-11-13-15-26-24-35-32(36-25-26)27-16-18-28(19-17-27)39-33(37)30-21-20-29(23-31(30)34)38-22-14-12-10-8-6-4-2/h16-21,23-25H,3-15,22H2,1-2H3. The molecule has 0 unspecified atom stereocenters. The van der Waals surface area contributed by atoms with Gasteiger partial charge in [0.05, 0.1) is 12.2 Å². The van der Waals surface area contributed by atoms with E-state index in [0.29, 0.717) is 23.9 Å². The first-order valence-electron chi connectivity index (χ1n) is 14.7. The average molecular weight is 535 g/mol. The van der Waals surface area contributed by atoms with Gasteiger partial charge in [0.1, 0.15) is 17.3 Å². The van der Waals surface area contributed by atoms with Crippen molar-refractivity contribution in [1.29, 1.82) is 0 Å². The summed E-state index contributed by atoms with van der Waals surface area (Å²) in [7, 11) is 0. The number of hydrogen-bond acceptors (Lipinski definition) is 5. The molecular formula is C33H43FN2O3. The Hall–Kier alpha value is -3.28. The molecule has 1 aromatic heterocycles. The predicted octanol–water partition coefficient (Wildman–Crippen LogP) is 9.14. The minimum Gasteiger partial charge on any atom is -0.493 e. The van der Waals surface area contributed by atoms with E-state index in [-0.39, 0.29) is 5.56 Å². The highest BCUT2D eigenvalue weighted by Crippen LogP contribution is 2.23. The molecule has 3 aromatic rings. The highest BCUT2D eigenvalue weighted by atomic mass is 19.1. The molecule has 210 valence electrons. The number of unbranched alkanes of at least 4 members (excludes halogenated alkanes) is 10. The number of esters is 1. The fourth-order valence-corrected chi connectivity index (χ4v) is 4.40. The number of aryl methyl sites for hydroxylation is 1. The summed E-state index contributed by atoms with van der Waals surface area (Å²) in [5.41, 5.74) is 1.83. The Morgan fingerprint density at radius 2 is 1.33 bits per heavy atom. The van der Waals surface area contributed by atoms with Crippen molar-refractivity contribution in [1.82, 2.24) is 9.97 Å². The second-order valence-corrected chi connectivity index (χ2v) is 10.1. The fraction of sp³-hybridized carbons (Fsp3) is 0.485. The third-order valence-corrected chi connectivity index (χ3v) is 6.77. The molecule has 0 spiro atoms. The monoisotopic (exact) mass is 534 g/mol. The summed E-state index contributed by atoms with van der Waals surface area (Å²) >= 11 is 0. The van der Waals surface area contributed by atoms with Crippen LogP contribution >= 0.6 is 0 Å². The molecule has 3 rings (SSSR count). The predicted molar refractivity (Wildman–Crippen MR) is 155 cm³/mol. The van der Waals surface area contributed by atoms with Crippen molar-refractivity contribution >= 4 is 5.97 Å². The van der Waals surface area contributed by atoms with E-state index in [1.165, 1.54) is 69.9 Å². The van der Waals surface area contributed by atoms with Crippen LogP contribution < -0.4 is 9.47 Å². The lowest BCUT2D eigenvalue weighted by atomic mass is 10.1. The van der Waals surface area contributed by atoms with Crippen molar-refractivity contribution in [2.45, 2.75) is 97.3 Å². The van der Waals surface area contributed by atoms with Crippen LogP contribution in [-0.2, 0) is 6.42 Å². The molecule has 0 fully saturated rings. The zero-order valence-electron chi connectivity index (χ0n) is 23.6. The lowest BCUT2D eigenvalue weighted by Gasteiger charge is -2.09. The molecule has 0 N–H and O–H groups in total. The zero-order valence-corrected chi connectivity index (χ0v) is 23.6. The van der Waals surface area contributed by atoms with Gasteiger partial charge in [0.2, 0.25) is 0 Å². The molecular weight excluding hydrogens is 491 g/mol. The van der Waals surface area contributed by atoms with Gasteiger partial charge in [0.25, 0.3) is 0 Å². The second kappa shape index (κ2) is 17.3. The minimum absolute atomic E-state index is 0.129. The topological polar surface area (TPSA) is 61.3 Å². The van der Waals surface area contributed by atoms with Crippen LogP contribution in [0.2, 0.25) is 0 Å². The number of carbonyl (C=O) groups is 1. The number of rotatable bonds is 18. The molecule has 0 radical (unpaired) electrons.